The predicted molar refractivity (Wildman–Crippen MR) is 103 cm³/mol. The van der Waals surface area contributed by atoms with Gasteiger partial charge in [-0.2, -0.15) is 13.2 Å². The molecule has 2 N–H and O–H groups in total. The van der Waals surface area contributed by atoms with Crippen molar-refractivity contribution in [3.8, 4) is 0 Å². The topological polar surface area (TPSA) is 78.5 Å². The Morgan fingerprint density at radius 2 is 1.77 bits per heavy atom. The molecule has 2 aromatic rings. The lowest BCUT2D eigenvalue weighted by Gasteiger charge is -2.30. The van der Waals surface area contributed by atoms with Gasteiger partial charge in [-0.1, -0.05) is 53.5 Å². The first-order valence-electron chi connectivity index (χ1n) is 8.53. The van der Waals surface area contributed by atoms with Gasteiger partial charge >= 0.3 is 12.2 Å². The first-order valence-corrected chi connectivity index (χ1v) is 9.28. The molecule has 4 amide bonds. The van der Waals surface area contributed by atoms with Crippen molar-refractivity contribution >= 4 is 41.0 Å². The Kier molecular flexibility index (Phi) is 5.70. The summed E-state index contributed by atoms with van der Waals surface area (Å²) in [6.45, 7) is 1.40. The second kappa shape index (κ2) is 7.81. The lowest BCUT2D eigenvalue weighted by molar-refractivity contribution is -0.200. The molecule has 1 fully saturated rings. The average molecular weight is 460 g/mol. The third kappa shape index (κ3) is 3.70. The Morgan fingerprint density at radius 3 is 2.33 bits per heavy atom. The molecule has 30 heavy (non-hydrogen) atoms. The monoisotopic (exact) mass is 459 g/mol. The van der Waals surface area contributed by atoms with Crippen molar-refractivity contribution in [3.05, 3.63) is 69.7 Å². The van der Waals surface area contributed by atoms with Gasteiger partial charge in [-0.05, 0) is 30.7 Å². The average Bonchev–Trinajstić information content (AvgIpc) is 2.92. The van der Waals surface area contributed by atoms with Crippen LogP contribution in [-0.2, 0) is 4.79 Å². The summed E-state index contributed by atoms with van der Waals surface area (Å²) < 4.78 is 42.0. The lowest BCUT2D eigenvalue weighted by Crippen LogP contribution is -2.69. The van der Waals surface area contributed by atoms with Gasteiger partial charge in [-0.15, -0.1) is 0 Å². The smallest absolute Gasteiger partial charge is 0.314 e. The van der Waals surface area contributed by atoms with E-state index in [1.165, 1.54) is 13.0 Å². The van der Waals surface area contributed by atoms with Crippen LogP contribution < -0.4 is 10.6 Å². The van der Waals surface area contributed by atoms with Crippen molar-refractivity contribution in [1.82, 2.24) is 15.5 Å². The summed E-state index contributed by atoms with van der Waals surface area (Å²) in [6, 6.07) is 9.24. The number of benzene rings is 2. The predicted octanol–water partition coefficient (Wildman–Crippen LogP) is 4.29. The molecular weight excluding hydrogens is 446 g/mol. The standard InChI is InChI=1S/C19H14Cl2F3N3O3/c1-10(11-5-3-2-4-6-11)27-16(29)18(19(22,23)24,26-17(27)30)25-15(28)13-8-7-12(20)9-14(13)21/h2-10H,1H3,(H,25,28)(H,26,30)/t10-,18+/m0/s1. The zero-order valence-corrected chi connectivity index (χ0v) is 16.8. The number of nitrogens with zero attached hydrogens (tertiary/aromatic N) is 1. The van der Waals surface area contributed by atoms with E-state index in [4.69, 9.17) is 23.2 Å². The number of nitrogens with one attached hydrogen (secondary N) is 2. The van der Waals surface area contributed by atoms with E-state index < -0.39 is 35.7 Å². The highest BCUT2D eigenvalue weighted by Crippen LogP contribution is 2.37. The van der Waals surface area contributed by atoms with Crippen LogP contribution >= 0.6 is 23.2 Å². The summed E-state index contributed by atoms with van der Waals surface area (Å²) in [5.74, 6) is -2.97. The van der Waals surface area contributed by atoms with Crippen LogP contribution in [0.5, 0.6) is 0 Å². The molecule has 0 spiro atoms. The molecule has 0 bridgehead atoms. The molecule has 0 radical (unpaired) electrons. The van der Waals surface area contributed by atoms with E-state index in [9.17, 15) is 27.6 Å². The highest BCUT2D eigenvalue weighted by Gasteiger charge is 2.69. The molecule has 158 valence electrons. The van der Waals surface area contributed by atoms with E-state index in [1.54, 1.807) is 41.0 Å². The van der Waals surface area contributed by atoms with E-state index in [1.807, 2.05) is 0 Å². The van der Waals surface area contributed by atoms with Crippen molar-refractivity contribution in [2.45, 2.75) is 24.8 Å². The normalized spacial score (nSPS) is 20.1. The molecule has 0 saturated carbocycles. The van der Waals surface area contributed by atoms with Crippen molar-refractivity contribution in [2.75, 3.05) is 0 Å². The summed E-state index contributed by atoms with van der Waals surface area (Å²) in [6.07, 6.45) is -5.33. The number of alkyl halides is 3. The molecule has 6 nitrogen and oxygen atoms in total. The number of imide groups is 1. The van der Waals surface area contributed by atoms with E-state index >= 15 is 0 Å². The Hall–Kier alpha value is -2.78. The van der Waals surface area contributed by atoms with Gasteiger partial charge in [0.25, 0.3) is 17.5 Å². The molecule has 0 unspecified atom stereocenters. The number of amides is 4. The van der Waals surface area contributed by atoms with Crippen molar-refractivity contribution in [2.24, 2.45) is 0 Å². The van der Waals surface area contributed by atoms with Crippen LogP contribution in [0.3, 0.4) is 0 Å². The molecule has 1 aliphatic heterocycles. The molecule has 2 atom stereocenters. The molecule has 0 aromatic heterocycles. The molecule has 11 heteroatoms. The second-order valence-corrected chi connectivity index (χ2v) is 7.36. The zero-order chi connectivity index (χ0) is 22.3. The van der Waals surface area contributed by atoms with Gasteiger partial charge in [-0.3, -0.25) is 19.8 Å². The Balaban J connectivity index is 1.99. The molecule has 0 aliphatic carbocycles. The van der Waals surface area contributed by atoms with Crippen LogP contribution in [0.25, 0.3) is 0 Å². The van der Waals surface area contributed by atoms with Crippen LogP contribution in [0.15, 0.2) is 48.5 Å². The van der Waals surface area contributed by atoms with Gasteiger partial charge in [0.1, 0.15) is 0 Å². The van der Waals surface area contributed by atoms with Gasteiger partial charge in [0.15, 0.2) is 0 Å². The van der Waals surface area contributed by atoms with E-state index in [0.29, 0.717) is 10.5 Å². The molecule has 1 saturated heterocycles. The maximum absolute atomic E-state index is 14.0. The zero-order valence-electron chi connectivity index (χ0n) is 15.3. The summed E-state index contributed by atoms with van der Waals surface area (Å²) in [4.78, 5) is 38.2. The molecule has 2 aromatic carbocycles. The van der Waals surface area contributed by atoms with Gasteiger partial charge in [0.2, 0.25) is 0 Å². The first kappa shape index (κ1) is 21.9. The van der Waals surface area contributed by atoms with Crippen LogP contribution in [-0.4, -0.2) is 34.6 Å². The number of hydrogen-bond acceptors (Lipinski definition) is 3. The lowest BCUT2D eigenvalue weighted by atomic mass is 10.0. The first-order chi connectivity index (χ1) is 14.0. The fourth-order valence-electron chi connectivity index (χ4n) is 3.04. The van der Waals surface area contributed by atoms with Crippen LogP contribution in [0.2, 0.25) is 10.0 Å². The van der Waals surface area contributed by atoms with Gasteiger partial charge in [-0.25, -0.2) is 4.79 Å². The molecule has 3 rings (SSSR count). The summed E-state index contributed by atoms with van der Waals surface area (Å²) in [5, 5.41) is 3.15. The van der Waals surface area contributed by atoms with Crippen molar-refractivity contribution < 1.29 is 27.6 Å². The van der Waals surface area contributed by atoms with Gasteiger partial charge in [0, 0.05) is 5.02 Å². The molecule has 1 aliphatic rings. The van der Waals surface area contributed by atoms with E-state index in [-0.39, 0.29) is 15.6 Å². The number of rotatable bonds is 4. The Bertz CT molecular complexity index is 1020. The third-order valence-corrected chi connectivity index (χ3v) is 5.17. The summed E-state index contributed by atoms with van der Waals surface area (Å²) in [7, 11) is 0. The minimum Gasteiger partial charge on any atom is -0.314 e. The number of hydrogen-bond donors (Lipinski definition) is 2. The highest BCUT2D eigenvalue weighted by molar-refractivity contribution is 6.36. The molecular formula is C19H14Cl2F3N3O3. The van der Waals surface area contributed by atoms with Gasteiger partial charge in [0.05, 0.1) is 16.6 Å². The number of carbonyl (C=O) groups excluding carboxylic acids is 3. The Labute approximate surface area is 178 Å². The minimum atomic E-state index is -5.33. The summed E-state index contributed by atoms with van der Waals surface area (Å²) >= 11 is 11.6. The quantitative estimate of drug-likeness (QED) is 0.669. The second-order valence-electron chi connectivity index (χ2n) is 6.52. The number of halogens is 5. The summed E-state index contributed by atoms with van der Waals surface area (Å²) in [5.41, 5.74) is -3.56. The maximum Gasteiger partial charge on any atom is 0.440 e. The fourth-order valence-corrected chi connectivity index (χ4v) is 3.53. The largest absolute Gasteiger partial charge is 0.440 e. The van der Waals surface area contributed by atoms with Crippen molar-refractivity contribution in [1.29, 1.82) is 0 Å². The maximum atomic E-state index is 14.0. The third-order valence-electron chi connectivity index (χ3n) is 4.62. The van der Waals surface area contributed by atoms with Crippen LogP contribution in [0.1, 0.15) is 28.9 Å². The van der Waals surface area contributed by atoms with Crippen LogP contribution in [0, 0.1) is 0 Å². The fraction of sp³-hybridized carbons (Fsp3) is 0.211. The van der Waals surface area contributed by atoms with E-state index in [0.717, 1.165) is 12.1 Å². The minimum absolute atomic E-state index is 0.162. The highest BCUT2D eigenvalue weighted by atomic mass is 35.5. The molecule has 1 heterocycles. The van der Waals surface area contributed by atoms with Crippen LogP contribution in [0.4, 0.5) is 18.0 Å². The number of urea groups is 1. The van der Waals surface area contributed by atoms with E-state index in [2.05, 4.69) is 0 Å². The Morgan fingerprint density at radius 1 is 1.13 bits per heavy atom. The SMILES string of the molecule is C[C@@H](c1ccccc1)N1C(=O)N[C@@](NC(=O)c2ccc(Cl)cc2Cl)(C(F)(F)F)C1=O. The van der Waals surface area contributed by atoms with Crippen molar-refractivity contribution in [3.63, 3.8) is 0 Å². The number of carbonyl (C=O) groups is 3. The van der Waals surface area contributed by atoms with Gasteiger partial charge < -0.3 is 5.32 Å².